The molecule has 110 valence electrons. The fourth-order valence-electron chi connectivity index (χ4n) is 2.85. The van der Waals surface area contributed by atoms with Gasteiger partial charge in [-0.2, -0.15) is 0 Å². The topological polar surface area (TPSA) is 38.5 Å². The van der Waals surface area contributed by atoms with Gasteiger partial charge in [0.25, 0.3) is 0 Å². The lowest BCUT2D eigenvalue weighted by atomic mass is 10.2. The van der Waals surface area contributed by atoms with Gasteiger partial charge in [-0.3, -0.25) is 4.90 Å². The molecule has 1 heterocycles. The van der Waals surface area contributed by atoms with Crippen molar-refractivity contribution in [2.45, 2.75) is 25.6 Å². The summed E-state index contributed by atoms with van der Waals surface area (Å²) in [7, 11) is 0. The summed E-state index contributed by atoms with van der Waals surface area (Å²) in [6.45, 7) is 3.59. The Kier molecular flexibility index (Phi) is 4.53. The number of hydrogen-bond acceptors (Lipinski definition) is 3. The summed E-state index contributed by atoms with van der Waals surface area (Å²) < 4.78 is 6.14. The third kappa shape index (κ3) is 3.63. The zero-order valence-corrected chi connectivity index (χ0v) is 12.2. The Morgan fingerprint density at radius 2 is 1.81 bits per heavy atom. The van der Waals surface area contributed by atoms with Crippen LogP contribution in [0.3, 0.4) is 0 Å². The number of para-hydroxylation sites is 1. The van der Waals surface area contributed by atoms with Gasteiger partial charge >= 0.3 is 0 Å². The van der Waals surface area contributed by atoms with Crippen LogP contribution in [-0.4, -0.2) is 24.1 Å². The predicted molar refractivity (Wildman–Crippen MR) is 85.1 cm³/mol. The monoisotopic (exact) mass is 282 g/mol. The van der Waals surface area contributed by atoms with Crippen molar-refractivity contribution in [3.05, 3.63) is 65.7 Å². The van der Waals surface area contributed by atoms with Gasteiger partial charge in [0.2, 0.25) is 0 Å². The highest BCUT2D eigenvalue weighted by Crippen LogP contribution is 2.23. The lowest BCUT2D eigenvalue weighted by Crippen LogP contribution is -2.24. The molecular formula is C18H22N2O. The fraction of sp³-hybridized carbons (Fsp3) is 0.333. The van der Waals surface area contributed by atoms with E-state index in [9.17, 15) is 0 Å². The van der Waals surface area contributed by atoms with E-state index in [4.69, 9.17) is 10.5 Å². The highest BCUT2D eigenvalue weighted by Gasteiger charge is 2.24. The maximum absolute atomic E-state index is 6.14. The molecule has 1 atom stereocenters. The number of hydrogen-bond donors (Lipinski definition) is 1. The molecule has 2 aromatic rings. The van der Waals surface area contributed by atoms with Crippen LogP contribution in [0, 0.1) is 0 Å². The standard InChI is InChI=1S/C18H22N2O/c19-12-16-8-4-5-9-18(16)21-17-10-11-20(14-17)13-15-6-2-1-3-7-15/h1-9,17H,10-14,19H2. The van der Waals surface area contributed by atoms with Crippen molar-refractivity contribution in [1.29, 1.82) is 0 Å². The molecular weight excluding hydrogens is 260 g/mol. The van der Waals surface area contributed by atoms with Crippen LogP contribution in [0.5, 0.6) is 5.75 Å². The summed E-state index contributed by atoms with van der Waals surface area (Å²) in [6, 6.07) is 18.7. The minimum absolute atomic E-state index is 0.265. The second kappa shape index (κ2) is 6.74. The maximum atomic E-state index is 6.14. The van der Waals surface area contributed by atoms with Crippen LogP contribution in [0.2, 0.25) is 0 Å². The van der Waals surface area contributed by atoms with Gasteiger partial charge in [0, 0.05) is 31.7 Å². The van der Waals surface area contributed by atoms with E-state index in [-0.39, 0.29) is 6.10 Å². The molecule has 0 aromatic heterocycles. The molecule has 3 heteroatoms. The normalized spacial score (nSPS) is 18.8. The zero-order chi connectivity index (χ0) is 14.5. The molecule has 1 fully saturated rings. The van der Waals surface area contributed by atoms with E-state index >= 15 is 0 Å². The Bertz CT molecular complexity index is 570. The predicted octanol–water partition coefficient (Wildman–Crippen LogP) is 2.80. The summed E-state index contributed by atoms with van der Waals surface area (Å²) in [5, 5.41) is 0. The second-order valence-corrected chi connectivity index (χ2v) is 5.56. The molecule has 1 aliphatic rings. The highest BCUT2D eigenvalue weighted by molar-refractivity contribution is 5.33. The van der Waals surface area contributed by atoms with Crippen LogP contribution in [0.15, 0.2) is 54.6 Å². The van der Waals surface area contributed by atoms with E-state index in [1.165, 1.54) is 5.56 Å². The number of rotatable bonds is 5. The average molecular weight is 282 g/mol. The number of ether oxygens (including phenoxy) is 1. The van der Waals surface area contributed by atoms with Crippen molar-refractivity contribution in [2.75, 3.05) is 13.1 Å². The van der Waals surface area contributed by atoms with E-state index in [0.717, 1.165) is 37.4 Å². The molecule has 0 amide bonds. The molecule has 3 rings (SSSR count). The number of likely N-dealkylation sites (tertiary alicyclic amines) is 1. The fourth-order valence-corrected chi connectivity index (χ4v) is 2.85. The van der Waals surface area contributed by atoms with Crippen LogP contribution in [0.1, 0.15) is 17.5 Å². The molecule has 21 heavy (non-hydrogen) atoms. The van der Waals surface area contributed by atoms with Crippen molar-refractivity contribution < 1.29 is 4.74 Å². The Labute approximate surface area is 126 Å². The zero-order valence-electron chi connectivity index (χ0n) is 12.2. The van der Waals surface area contributed by atoms with Gasteiger partial charge in [-0.25, -0.2) is 0 Å². The molecule has 1 unspecified atom stereocenters. The first kappa shape index (κ1) is 14.1. The van der Waals surface area contributed by atoms with Gasteiger partial charge < -0.3 is 10.5 Å². The molecule has 1 aliphatic heterocycles. The smallest absolute Gasteiger partial charge is 0.124 e. The van der Waals surface area contributed by atoms with Crippen LogP contribution < -0.4 is 10.5 Å². The first-order chi connectivity index (χ1) is 10.3. The summed E-state index contributed by atoms with van der Waals surface area (Å²) in [6.07, 6.45) is 1.34. The molecule has 1 saturated heterocycles. The minimum Gasteiger partial charge on any atom is -0.489 e. The average Bonchev–Trinajstić information content (AvgIpc) is 2.96. The van der Waals surface area contributed by atoms with Crippen molar-refractivity contribution in [3.8, 4) is 5.75 Å². The van der Waals surface area contributed by atoms with Crippen LogP contribution in [0.4, 0.5) is 0 Å². The first-order valence-corrected chi connectivity index (χ1v) is 7.56. The quantitative estimate of drug-likeness (QED) is 0.916. The van der Waals surface area contributed by atoms with E-state index in [2.05, 4.69) is 35.2 Å². The molecule has 0 radical (unpaired) electrons. The number of benzene rings is 2. The lowest BCUT2D eigenvalue weighted by Gasteiger charge is -2.18. The Hall–Kier alpha value is -1.84. The van der Waals surface area contributed by atoms with Gasteiger partial charge in [-0.15, -0.1) is 0 Å². The van der Waals surface area contributed by atoms with Crippen LogP contribution in [0.25, 0.3) is 0 Å². The van der Waals surface area contributed by atoms with Crippen molar-refractivity contribution >= 4 is 0 Å². The molecule has 0 spiro atoms. The Balaban J connectivity index is 1.57. The Morgan fingerprint density at radius 1 is 1.05 bits per heavy atom. The van der Waals surface area contributed by atoms with E-state index in [1.807, 2.05) is 24.3 Å². The van der Waals surface area contributed by atoms with Gasteiger partial charge in [-0.1, -0.05) is 48.5 Å². The summed E-state index contributed by atoms with van der Waals surface area (Å²) >= 11 is 0. The van der Waals surface area contributed by atoms with Gasteiger partial charge in [0.1, 0.15) is 11.9 Å². The second-order valence-electron chi connectivity index (χ2n) is 5.56. The van der Waals surface area contributed by atoms with Gasteiger partial charge in [0.15, 0.2) is 0 Å². The highest BCUT2D eigenvalue weighted by atomic mass is 16.5. The van der Waals surface area contributed by atoms with Crippen LogP contribution in [-0.2, 0) is 13.1 Å². The van der Waals surface area contributed by atoms with E-state index in [0.29, 0.717) is 6.54 Å². The SMILES string of the molecule is NCc1ccccc1OC1CCN(Cc2ccccc2)C1. The molecule has 0 bridgehead atoms. The molecule has 3 nitrogen and oxygen atoms in total. The maximum Gasteiger partial charge on any atom is 0.124 e. The number of nitrogens with two attached hydrogens (primary N) is 1. The summed E-state index contributed by atoms with van der Waals surface area (Å²) in [4.78, 5) is 2.45. The van der Waals surface area contributed by atoms with Gasteiger partial charge in [0.05, 0.1) is 0 Å². The van der Waals surface area contributed by atoms with Crippen molar-refractivity contribution in [2.24, 2.45) is 5.73 Å². The van der Waals surface area contributed by atoms with Crippen LogP contribution >= 0.6 is 0 Å². The number of nitrogens with zero attached hydrogens (tertiary/aromatic N) is 1. The minimum atomic E-state index is 0.265. The van der Waals surface area contributed by atoms with Crippen molar-refractivity contribution in [1.82, 2.24) is 4.90 Å². The first-order valence-electron chi connectivity index (χ1n) is 7.56. The summed E-state index contributed by atoms with van der Waals surface area (Å²) in [5.74, 6) is 0.937. The molecule has 0 aliphatic carbocycles. The van der Waals surface area contributed by atoms with E-state index in [1.54, 1.807) is 0 Å². The lowest BCUT2D eigenvalue weighted by molar-refractivity contribution is 0.196. The summed E-state index contributed by atoms with van der Waals surface area (Å²) in [5.41, 5.74) is 8.21. The molecule has 2 N–H and O–H groups in total. The largest absolute Gasteiger partial charge is 0.489 e. The third-order valence-corrected chi connectivity index (χ3v) is 3.96. The van der Waals surface area contributed by atoms with E-state index < -0.39 is 0 Å². The molecule has 0 saturated carbocycles. The third-order valence-electron chi connectivity index (χ3n) is 3.96. The molecule has 2 aromatic carbocycles. The Morgan fingerprint density at radius 3 is 2.62 bits per heavy atom. The van der Waals surface area contributed by atoms with Gasteiger partial charge in [-0.05, 0) is 18.1 Å². The van der Waals surface area contributed by atoms with Crippen molar-refractivity contribution in [3.63, 3.8) is 0 Å².